The predicted molar refractivity (Wildman–Crippen MR) is 116 cm³/mol. The molecule has 2 unspecified atom stereocenters. The second-order valence-electron chi connectivity index (χ2n) is 9.09. The van der Waals surface area contributed by atoms with Gasteiger partial charge < -0.3 is 9.80 Å². The highest BCUT2D eigenvalue weighted by molar-refractivity contribution is 7.92. The van der Waals surface area contributed by atoms with E-state index in [1.165, 1.54) is 23.8 Å². The Morgan fingerprint density at radius 3 is 2.05 bits per heavy atom. The number of anilines is 1. The molecule has 2 aromatic carbocycles. The summed E-state index contributed by atoms with van der Waals surface area (Å²) in [5.74, 6) is -1.23. The minimum Gasteiger partial charge on any atom is -0.372 e. The third-order valence-corrected chi connectivity index (χ3v) is 9.69. The minimum atomic E-state index is -6.36. The number of benzene rings is 2. The van der Waals surface area contributed by atoms with Crippen LogP contribution in [0.2, 0.25) is 0 Å². The lowest BCUT2D eigenvalue weighted by Crippen LogP contribution is -2.57. The first-order chi connectivity index (χ1) is 16.9. The number of rotatable bonds is 3. The quantitative estimate of drug-likeness (QED) is 0.401. The number of fused-ring (bicyclic) bond motifs is 3. The Morgan fingerprint density at radius 1 is 0.973 bits per heavy atom. The zero-order valence-electron chi connectivity index (χ0n) is 19.3. The Kier molecular flexibility index (Phi) is 6.09. The number of carbonyl (C=O) groups is 1. The van der Waals surface area contributed by atoms with Crippen molar-refractivity contribution in [1.29, 1.82) is 0 Å². The number of hydrogen-bond donors (Lipinski definition) is 0. The highest BCUT2D eigenvalue weighted by Gasteiger charge is 2.74. The normalized spacial score (nSPS) is 22.6. The van der Waals surface area contributed by atoms with E-state index < -0.39 is 55.9 Å². The average Bonchev–Trinajstić information content (AvgIpc) is 3.18. The molecule has 1 fully saturated rings. The molecule has 0 radical (unpaired) electrons. The molecular formula is C23H20F8N2O3S. The number of nitrogens with zero attached hydrogens (tertiary/aromatic N) is 2. The molecular weight excluding hydrogens is 536 g/mol. The van der Waals surface area contributed by atoms with Crippen molar-refractivity contribution < 1.29 is 48.3 Å². The van der Waals surface area contributed by atoms with Gasteiger partial charge in [0.25, 0.3) is 0 Å². The molecule has 1 saturated heterocycles. The standard InChI is InChI=1S/C23H20F8N2O3S/c1-13(34)33-10-9-20(37(35,36)16-6-4-15(24)5-7-16)17-8-3-14(11-18(17)32(2)12-19(20)33)21(25,22(26,27)28)23(29,30)31/h3-8,11,19H,9-10,12H2,1-2H3. The minimum absolute atomic E-state index is 0.0758. The van der Waals surface area contributed by atoms with Gasteiger partial charge in [-0.1, -0.05) is 12.1 Å². The van der Waals surface area contributed by atoms with Gasteiger partial charge in [-0.2, -0.15) is 26.3 Å². The van der Waals surface area contributed by atoms with Crippen LogP contribution in [0.15, 0.2) is 47.4 Å². The maximum absolute atomic E-state index is 14.8. The van der Waals surface area contributed by atoms with Crippen LogP contribution in [0.1, 0.15) is 24.5 Å². The molecule has 202 valence electrons. The Balaban J connectivity index is 2.01. The van der Waals surface area contributed by atoms with Gasteiger partial charge in [0.2, 0.25) is 5.91 Å². The Bertz CT molecular complexity index is 1330. The van der Waals surface area contributed by atoms with Crippen LogP contribution in [0.3, 0.4) is 0 Å². The number of likely N-dealkylation sites (N-methyl/N-ethyl adjacent to an activating group) is 1. The van der Waals surface area contributed by atoms with Crippen LogP contribution in [0.5, 0.6) is 0 Å². The van der Waals surface area contributed by atoms with Crippen molar-refractivity contribution in [2.45, 2.75) is 47.1 Å². The van der Waals surface area contributed by atoms with E-state index >= 15 is 0 Å². The zero-order chi connectivity index (χ0) is 27.8. The molecule has 2 atom stereocenters. The van der Waals surface area contributed by atoms with Crippen LogP contribution in [0, 0.1) is 5.82 Å². The Hall–Kier alpha value is -2.90. The number of likely N-dealkylation sites (tertiary alicyclic amines) is 1. The molecule has 37 heavy (non-hydrogen) atoms. The van der Waals surface area contributed by atoms with Crippen LogP contribution < -0.4 is 4.90 Å². The summed E-state index contributed by atoms with van der Waals surface area (Å²) in [6, 6.07) is 4.03. The van der Waals surface area contributed by atoms with E-state index in [0.717, 1.165) is 30.3 Å². The first kappa shape index (κ1) is 27.1. The first-order valence-corrected chi connectivity index (χ1v) is 12.3. The lowest BCUT2D eigenvalue weighted by Gasteiger charge is -2.46. The summed E-state index contributed by atoms with van der Waals surface area (Å²) in [7, 11) is -3.22. The largest absolute Gasteiger partial charge is 0.435 e. The molecule has 1 amide bonds. The summed E-state index contributed by atoms with van der Waals surface area (Å²) >= 11 is 0. The summed E-state index contributed by atoms with van der Waals surface area (Å²) in [6.45, 7) is 0.838. The van der Waals surface area contributed by atoms with E-state index in [9.17, 15) is 48.3 Å². The summed E-state index contributed by atoms with van der Waals surface area (Å²) < 4.78 is 135. The molecule has 14 heteroatoms. The maximum Gasteiger partial charge on any atom is 0.435 e. The molecule has 2 aliphatic rings. The van der Waals surface area contributed by atoms with Gasteiger partial charge in [0.05, 0.1) is 10.9 Å². The summed E-state index contributed by atoms with van der Waals surface area (Å²) in [4.78, 5) is 14.4. The fourth-order valence-corrected chi connectivity index (χ4v) is 7.64. The maximum atomic E-state index is 14.8. The third-order valence-electron chi connectivity index (χ3n) is 7.14. The van der Waals surface area contributed by atoms with Gasteiger partial charge >= 0.3 is 18.0 Å². The van der Waals surface area contributed by atoms with Crippen molar-refractivity contribution in [3.63, 3.8) is 0 Å². The molecule has 4 rings (SSSR count). The second-order valence-corrected chi connectivity index (χ2v) is 11.3. The molecule has 5 nitrogen and oxygen atoms in total. The summed E-state index contributed by atoms with van der Waals surface area (Å²) in [5.41, 5.74) is -8.01. The molecule has 0 N–H and O–H groups in total. The van der Waals surface area contributed by atoms with Crippen molar-refractivity contribution in [2.75, 3.05) is 25.0 Å². The highest BCUT2D eigenvalue weighted by atomic mass is 32.2. The van der Waals surface area contributed by atoms with Crippen molar-refractivity contribution in [3.8, 4) is 0 Å². The summed E-state index contributed by atoms with van der Waals surface area (Å²) in [6.07, 6.45) is -13.0. The number of hydrogen-bond acceptors (Lipinski definition) is 4. The number of sulfone groups is 1. The van der Waals surface area contributed by atoms with Gasteiger partial charge in [-0.15, -0.1) is 0 Å². The van der Waals surface area contributed by atoms with E-state index in [2.05, 4.69) is 0 Å². The SMILES string of the molecule is CC(=O)N1CCC2(S(=O)(=O)c3ccc(F)cc3)c3ccc(C(F)(C(F)(F)F)C(F)(F)F)cc3N(C)CC12. The number of amides is 1. The topological polar surface area (TPSA) is 57.7 Å². The van der Waals surface area contributed by atoms with E-state index in [-0.39, 0.29) is 41.7 Å². The number of halogens is 8. The fourth-order valence-electron chi connectivity index (χ4n) is 5.35. The van der Waals surface area contributed by atoms with Gasteiger partial charge in [-0.25, -0.2) is 17.2 Å². The molecule has 0 bridgehead atoms. The molecule has 0 spiro atoms. The first-order valence-electron chi connectivity index (χ1n) is 10.9. The van der Waals surface area contributed by atoms with Gasteiger partial charge in [0, 0.05) is 38.3 Å². The monoisotopic (exact) mass is 556 g/mol. The van der Waals surface area contributed by atoms with Crippen LogP contribution >= 0.6 is 0 Å². The number of carbonyl (C=O) groups excluding carboxylic acids is 1. The van der Waals surface area contributed by atoms with Gasteiger partial charge in [-0.05, 0) is 42.3 Å². The van der Waals surface area contributed by atoms with Gasteiger partial charge in [0.15, 0.2) is 9.84 Å². The molecule has 0 aliphatic carbocycles. The van der Waals surface area contributed by atoms with Crippen molar-refractivity contribution in [2.24, 2.45) is 0 Å². The average molecular weight is 556 g/mol. The van der Waals surface area contributed by atoms with E-state index in [0.29, 0.717) is 6.07 Å². The van der Waals surface area contributed by atoms with E-state index in [1.807, 2.05) is 0 Å². The molecule has 0 saturated carbocycles. The van der Waals surface area contributed by atoms with Crippen LogP contribution in [0.25, 0.3) is 0 Å². The van der Waals surface area contributed by atoms with Crippen LogP contribution in [-0.2, 0) is 25.0 Å². The van der Waals surface area contributed by atoms with E-state index in [4.69, 9.17) is 0 Å². The van der Waals surface area contributed by atoms with Crippen molar-refractivity contribution in [1.82, 2.24) is 4.90 Å². The predicted octanol–water partition coefficient (Wildman–Crippen LogP) is 4.85. The molecule has 2 aromatic rings. The fraction of sp³-hybridized carbons (Fsp3) is 0.435. The van der Waals surface area contributed by atoms with Gasteiger partial charge in [-0.3, -0.25) is 4.79 Å². The Morgan fingerprint density at radius 2 is 1.54 bits per heavy atom. The highest BCUT2D eigenvalue weighted by Crippen LogP contribution is 2.57. The summed E-state index contributed by atoms with van der Waals surface area (Å²) in [5, 5.41) is 0. The number of alkyl halides is 7. The molecule has 0 aromatic heterocycles. The smallest absolute Gasteiger partial charge is 0.372 e. The van der Waals surface area contributed by atoms with Crippen LogP contribution in [0.4, 0.5) is 40.8 Å². The zero-order valence-corrected chi connectivity index (χ0v) is 20.1. The van der Waals surface area contributed by atoms with E-state index in [1.54, 1.807) is 0 Å². The molecule has 2 aliphatic heterocycles. The third kappa shape index (κ3) is 3.69. The second kappa shape index (κ2) is 8.30. The Labute approximate surface area is 206 Å². The van der Waals surface area contributed by atoms with Gasteiger partial charge in [0.1, 0.15) is 10.6 Å². The van der Waals surface area contributed by atoms with Crippen molar-refractivity contribution >= 4 is 21.4 Å². The van der Waals surface area contributed by atoms with Crippen molar-refractivity contribution in [3.05, 3.63) is 59.4 Å². The van der Waals surface area contributed by atoms with Crippen LogP contribution in [-0.4, -0.2) is 57.8 Å². The molecule has 2 heterocycles. The lowest BCUT2D eigenvalue weighted by molar-refractivity contribution is -0.348. The lowest BCUT2D eigenvalue weighted by atomic mass is 9.82.